The summed E-state index contributed by atoms with van der Waals surface area (Å²) in [4.78, 5) is 46.9. The first-order chi connectivity index (χ1) is 21.5. The number of carbonyl (C=O) groups is 4. The van der Waals surface area contributed by atoms with Gasteiger partial charge in [0.25, 0.3) is 5.91 Å². The molecule has 2 rings (SSSR count). The molecule has 0 unspecified atom stereocenters. The number of sulfone groups is 1. The van der Waals surface area contributed by atoms with Crippen molar-refractivity contribution in [1.82, 2.24) is 20.8 Å². The van der Waals surface area contributed by atoms with Gasteiger partial charge in [-0.2, -0.15) is 0 Å². The fraction of sp³-hybridized carbons (Fsp3) is 0.613. The fourth-order valence-electron chi connectivity index (χ4n) is 4.69. The largest absolute Gasteiger partial charge is 0.481 e. The van der Waals surface area contributed by atoms with Gasteiger partial charge in [-0.1, -0.05) is 82.1 Å². The van der Waals surface area contributed by atoms with Crippen molar-refractivity contribution in [2.45, 2.75) is 114 Å². The van der Waals surface area contributed by atoms with Crippen molar-refractivity contribution in [2.24, 2.45) is 0 Å². The summed E-state index contributed by atoms with van der Waals surface area (Å²) in [6.07, 6.45) is 16.4. The second kappa shape index (κ2) is 20.3. The van der Waals surface area contributed by atoms with Crippen molar-refractivity contribution in [3.05, 3.63) is 29.8 Å². The number of nitrogens with zero attached hydrogens (tertiary/aromatic N) is 2. The van der Waals surface area contributed by atoms with Crippen LogP contribution in [0.3, 0.4) is 0 Å². The Morgan fingerprint density at radius 1 is 0.756 bits per heavy atom. The first kappa shape index (κ1) is 37.4. The Labute approximate surface area is 264 Å². The van der Waals surface area contributed by atoms with Gasteiger partial charge < -0.3 is 25.3 Å². The summed E-state index contributed by atoms with van der Waals surface area (Å²) in [7, 11) is -3.65. The summed E-state index contributed by atoms with van der Waals surface area (Å²) in [5.74, 6) is -2.93. The van der Waals surface area contributed by atoms with Crippen molar-refractivity contribution >= 4 is 33.6 Å². The van der Waals surface area contributed by atoms with Crippen molar-refractivity contribution in [3.8, 4) is 11.5 Å². The van der Waals surface area contributed by atoms with E-state index in [2.05, 4.69) is 20.8 Å². The lowest BCUT2D eigenvalue weighted by Gasteiger charge is -2.15. The highest BCUT2D eigenvalue weighted by Crippen LogP contribution is 2.20. The molecule has 0 bridgehead atoms. The van der Waals surface area contributed by atoms with E-state index in [-0.39, 0.29) is 36.7 Å². The standard InChI is InChI=1S/C31H46N4O9S/c1-45(42,43)31-35-34-29(44-31)24-20-18-23(19-21-24)28(39)32-22-25(30(40)41)33-26(36)16-14-12-10-8-6-4-2-3-5-7-9-11-13-15-17-27(37)38/h18-21,25H,2-17,22H2,1H3,(H,32,39)(H,33,36)(H,37,38)(H,40,41)/t25-/m0/s1. The Balaban J connectivity index is 1.55. The van der Waals surface area contributed by atoms with E-state index < -0.39 is 38.9 Å². The molecule has 2 amide bonds. The van der Waals surface area contributed by atoms with Gasteiger partial charge in [0.2, 0.25) is 21.6 Å². The maximum absolute atomic E-state index is 12.5. The lowest BCUT2D eigenvalue weighted by molar-refractivity contribution is -0.141. The highest BCUT2D eigenvalue weighted by Gasteiger charge is 2.21. The molecular weight excluding hydrogens is 604 g/mol. The van der Waals surface area contributed by atoms with Crippen LogP contribution in [-0.4, -0.2) is 71.4 Å². The van der Waals surface area contributed by atoms with Crippen molar-refractivity contribution < 1.29 is 42.2 Å². The molecule has 1 atom stereocenters. The molecular formula is C31H46N4O9S. The molecule has 1 aromatic carbocycles. The second-order valence-electron chi connectivity index (χ2n) is 11.2. The first-order valence-corrected chi connectivity index (χ1v) is 17.5. The Morgan fingerprint density at radius 3 is 1.69 bits per heavy atom. The van der Waals surface area contributed by atoms with Crippen LogP contribution in [0.1, 0.15) is 113 Å². The molecule has 0 aliphatic heterocycles. The molecule has 4 N–H and O–H groups in total. The second-order valence-corrected chi connectivity index (χ2v) is 13.1. The van der Waals surface area contributed by atoms with Crippen LogP contribution in [0.4, 0.5) is 0 Å². The average Bonchev–Trinajstić information content (AvgIpc) is 3.50. The number of carbonyl (C=O) groups excluding carboxylic acids is 2. The van der Waals surface area contributed by atoms with Crippen molar-refractivity contribution in [3.63, 3.8) is 0 Å². The minimum absolute atomic E-state index is 0.0295. The Hall–Kier alpha value is -3.81. The Bertz CT molecular complexity index is 1330. The molecule has 0 spiro atoms. The quantitative estimate of drug-likeness (QED) is 0.114. The number of benzene rings is 1. The monoisotopic (exact) mass is 650 g/mol. The molecule has 0 aliphatic carbocycles. The predicted molar refractivity (Wildman–Crippen MR) is 166 cm³/mol. The van der Waals surface area contributed by atoms with Crippen molar-refractivity contribution in [1.29, 1.82) is 0 Å². The summed E-state index contributed by atoms with van der Waals surface area (Å²) in [5, 5.41) is 29.8. The van der Waals surface area contributed by atoms with Gasteiger partial charge in [0.15, 0.2) is 0 Å². The highest BCUT2D eigenvalue weighted by atomic mass is 32.2. The number of carboxylic acids is 2. The molecule has 250 valence electrons. The number of unbranched alkanes of at least 4 members (excludes halogenated alkanes) is 13. The predicted octanol–water partition coefficient (Wildman–Crippen LogP) is 4.77. The summed E-state index contributed by atoms with van der Waals surface area (Å²) >= 11 is 0. The molecule has 13 nitrogen and oxygen atoms in total. The van der Waals surface area contributed by atoms with Gasteiger partial charge in [0.1, 0.15) is 6.04 Å². The molecule has 2 aromatic rings. The van der Waals surface area contributed by atoms with E-state index >= 15 is 0 Å². The normalized spacial score (nSPS) is 12.0. The van der Waals surface area contributed by atoms with E-state index in [1.165, 1.54) is 62.8 Å². The summed E-state index contributed by atoms with van der Waals surface area (Å²) in [6.45, 7) is -0.296. The molecule has 0 radical (unpaired) electrons. The SMILES string of the molecule is CS(=O)(=O)c1nnc(-c2ccc(C(=O)NC[C@H](NC(=O)CCCCCCCCCCCCCCCCC(=O)O)C(=O)O)cc2)o1. The van der Waals surface area contributed by atoms with E-state index in [9.17, 15) is 32.7 Å². The molecule has 0 saturated carbocycles. The maximum Gasteiger partial charge on any atom is 0.335 e. The number of hydrogen-bond donors (Lipinski definition) is 4. The van der Waals surface area contributed by atoms with Crippen LogP contribution < -0.4 is 10.6 Å². The van der Waals surface area contributed by atoms with Crippen LogP contribution in [0.2, 0.25) is 0 Å². The van der Waals surface area contributed by atoms with Gasteiger partial charge in [-0.25, -0.2) is 13.2 Å². The fourth-order valence-corrected chi connectivity index (χ4v) is 5.11. The van der Waals surface area contributed by atoms with Gasteiger partial charge in [0, 0.05) is 36.8 Å². The highest BCUT2D eigenvalue weighted by molar-refractivity contribution is 7.90. The molecule has 14 heteroatoms. The minimum atomic E-state index is -3.65. The number of aliphatic carboxylic acids is 2. The Kier molecular flexibility index (Phi) is 16.8. The third-order valence-electron chi connectivity index (χ3n) is 7.26. The van der Waals surface area contributed by atoms with Crippen molar-refractivity contribution in [2.75, 3.05) is 12.8 Å². The molecule has 45 heavy (non-hydrogen) atoms. The summed E-state index contributed by atoms with van der Waals surface area (Å²) in [6, 6.07) is 4.60. The minimum Gasteiger partial charge on any atom is -0.481 e. The van der Waals surface area contributed by atoms with E-state index in [0.29, 0.717) is 12.0 Å². The molecule has 1 aromatic heterocycles. The van der Waals surface area contributed by atoms with E-state index in [0.717, 1.165) is 51.2 Å². The zero-order valence-electron chi connectivity index (χ0n) is 26.0. The van der Waals surface area contributed by atoms with E-state index in [1.54, 1.807) is 0 Å². The van der Waals surface area contributed by atoms with Gasteiger partial charge >= 0.3 is 17.2 Å². The van der Waals surface area contributed by atoms with Crippen LogP contribution in [0.15, 0.2) is 33.9 Å². The van der Waals surface area contributed by atoms with Crippen LogP contribution in [-0.2, 0) is 24.2 Å². The number of carboxylic acid groups (broad SMARTS) is 2. The van der Waals surface area contributed by atoms with Crippen LogP contribution >= 0.6 is 0 Å². The number of hydrogen-bond acceptors (Lipinski definition) is 9. The maximum atomic E-state index is 12.5. The number of aromatic nitrogens is 2. The van der Waals surface area contributed by atoms with Gasteiger partial charge in [-0.3, -0.25) is 14.4 Å². The smallest absolute Gasteiger partial charge is 0.335 e. The van der Waals surface area contributed by atoms with Crippen LogP contribution in [0.5, 0.6) is 0 Å². The van der Waals surface area contributed by atoms with Gasteiger partial charge in [0.05, 0.1) is 0 Å². The third-order valence-corrected chi connectivity index (χ3v) is 8.06. The lowest BCUT2D eigenvalue weighted by Crippen LogP contribution is -2.48. The summed E-state index contributed by atoms with van der Waals surface area (Å²) < 4.78 is 28.2. The molecule has 0 fully saturated rings. The zero-order valence-corrected chi connectivity index (χ0v) is 26.8. The third kappa shape index (κ3) is 15.7. The lowest BCUT2D eigenvalue weighted by atomic mass is 10.0. The van der Waals surface area contributed by atoms with Gasteiger partial charge in [-0.05, 0) is 37.1 Å². The van der Waals surface area contributed by atoms with Crippen LogP contribution in [0.25, 0.3) is 11.5 Å². The molecule has 0 aliphatic rings. The number of rotatable bonds is 24. The summed E-state index contributed by atoms with van der Waals surface area (Å²) in [5.41, 5.74) is 0.620. The Morgan fingerprint density at radius 2 is 1.24 bits per heavy atom. The molecule has 1 heterocycles. The van der Waals surface area contributed by atoms with E-state index in [1.807, 2.05) is 0 Å². The van der Waals surface area contributed by atoms with E-state index in [4.69, 9.17) is 9.52 Å². The number of amides is 2. The number of nitrogens with one attached hydrogen (secondary N) is 2. The zero-order chi connectivity index (χ0) is 33.1. The average molecular weight is 651 g/mol. The first-order valence-electron chi connectivity index (χ1n) is 15.6. The van der Waals surface area contributed by atoms with Gasteiger partial charge in [-0.15, -0.1) is 5.10 Å². The van der Waals surface area contributed by atoms with Crippen LogP contribution in [0, 0.1) is 0 Å². The topological polar surface area (TPSA) is 206 Å². The molecule has 0 saturated heterocycles.